The minimum absolute atomic E-state index is 0.661. The maximum atomic E-state index is 5.58. The molecule has 1 heteroatoms. The van der Waals surface area contributed by atoms with Crippen LogP contribution in [0, 0.1) is 5.92 Å². The lowest BCUT2D eigenvalue weighted by atomic mass is 9.79. The van der Waals surface area contributed by atoms with Gasteiger partial charge in [0.15, 0.2) is 0 Å². The lowest BCUT2D eigenvalue weighted by molar-refractivity contribution is -0.185. The summed E-state index contributed by atoms with van der Waals surface area (Å²) in [6.45, 7) is 2.27. The molecule has 0 N–H and O–H groups in total. The van der Waals surface area contributed by atoms with Crippen molar-refractivity contribution in [2.75, 3.05) is 0 Å². The minimum atomic E-state index is 0.661. The summed E-state index contributed by atoms with van der Waals surface area (Å²) in [6, 6.07) is 0. The second-order valence-electron chi connectivity index (χ2n) is 3.28. The number of rotatable bonds is 1. The maximum absolute atomic E-state index is 5.58. The summed E-state index contributed by atoms with van der Waals surface area (Å²) in [5.74, 6) is 0.898. The summed E-state index contributed by atoms with van der Waals surface area (Å²) in [5, 5.41) is 0. The van der Waals surface area contributed by atoms with Crippen LogP contribution in [0.5, 0.6) is 0 Å². The molecule has 2 bridgehead atoms. The summed E-state index contributed by atoms with van der Waals surface area (Å²) in [6.07, 6.45) is 6.75. The molecule has 1 nitrogen and oxygen atoms in total. The van der Waals surface area contributed by atoms with Gasteiger partial charge in [-0.1, -0.05) is 13.3 Å². The fourth-order valence-corrected chi connectivity index (χ4v) is 2.04. The molecule has 3 atom stereocenters. The van der Waals surface area contributed by atoms with Crippen LogP contribution in [0.3, 0.4) is 0 Å². The fourth-order valence-electron chi connectivity index (χ4n) is 2.04. The van der Waals surface area contributed by atoms with Crippen LogP contribution in [0.4, 0.5) is 0 Å². The van der Waals surface area contributed by atoms with E-state index in [0.29, 0.717) is 12.2 Å². The molecule has 3 unspecified atom stereocenters. The van der Waals surface area contributed by atoms with E-state index in [1.807, 2.05) is 0 Å². The van der Waals surface area contributed by atoms with E-state index in [-0.39, 0.29) is 0 Å². The number of hydrogen-bond donors (Lipinski definition) is 0. The molecule has 0 aromatic rings. The zero-order chi connectivity index (χ0) is 6.27. The van der Waals surface area contributed by atoms with Gasteiger partial charge < -0.3 is 4.74 Å². The molecule has 1 saturated carbocycles. The van der Waals surface area contributed by atoms with Crippen molar-refractivity contribution in [3.8, 4) is 0 Å². The summed E-state index contributed by atoms with van der Waals surface area (Å²) in [7, 11) is 0. The van der Waals surface area contributed by atoms with Gasteiger partial charge in [-0.05, 0) is 18.8 Å². The fraction of sp³-hybridized carbons (Fsp3) is 1.00. The van der Waals surface area contributed by atoms with E-state index < -0.39 is 0 Å². The third-order valence-corrected chi connectivity index (χ3v) is 2.77. The van der Waals surface area contributed by atoms with Gasteiger partial charge in [0, 0.05) is 6.42 Å². The predicted molar refractivity (Wildman–Crippen MR) is 36.3 cm³/mol. The van der Waals surface area contributed by atoms with Gasteiger partial charge in [0.05, 0.1) is 12.2 Å². The Morgan fingerprint density at radius 2 is 2.22 bits per heavy atom. The lowest BCUT2D eigenvalue weighted by Crippen LogP contribution is -2.47. The Bertz CT molecular complexity index is 102. The van der Waals surface area contributed by atoms with Crippen molar-refractivity contribution in [3.05, 3.63) is 0 Å². The van der Waals surface area contributed by atoms with Gasteiger partial charge in [-0.15, -0.1) is 0 Å². The average molecular weight is 126 g/mol. The molecule has 3 fully saturated rings. The second kappa shape index (κ2) is 1.98. The van der Waals surface area contributed by atoms with Crippen molar-refractivity contribution in [1.29, 1.82) is 0 Å². The normalized spacial score (nSPS) is 48.3. The first-order chi connectivity index (χ1) is 4.40. The maximum Gasteiger partial charge on any atom is 0.0631 e. The Hall–Kier alpha value is -0.0400. The Morgan fingerprint density at radius 3 is 2.56 bits per heavy atom. The first-order valence-electron chi connectivity index (χ1n) is 4.05. The van der Waals surface area contributed by atoms with Crippen molar-refractivity contribution >= 4 is 0 Å². The zero-order valence-corrected chi connectivity index (χ0v) is 5.97. The molecule has 0 spiro atoms. The van der Waals surface area contributed by atoms with E-state index in [1.165, 1.54) is 25.7 Å². The second-order valence-corrected chi connectivity index (χ2v) is 3.28. The molecule has 2 aliphatic heterocycles. The van der Waals surface area contributed by atoms with Gasteiger partial charge in [-0.3, -0.25) is 0 Å². The molecule has 0 aromatic heterocycles. The van der Waals surface area contributed by atoms with E-state index in [9.17, 15) is 0 Å². The summed E-state index contributed by atoms with van der Waals surface area (Å²) >= 11 is 0. The highest BCUT2D eigenvalue weighted by Gasteiger charge is 2.39. The third kappa shape index (κ3) is 0.787. The molecule has 52 valence electrons. The Kier molecular flexibility index (Phi) is 1.26. The lowest BCUT2D eigenvalue weighted by Gasteiger charge is -2.46. The topological polar surface area (TPSA) is 9.23 Å². The highest BCUT2D eigenvalue weighted by atomic mass is 16.5. The molecule has 0 radical (unpaired) electrons. The molecule has 3 rings (SSSR count). The van der Waals surface area contributed by atoms with Crippen LogP contribution in [-0.4, -0.2) is 12.2 Å². The highest BCUT2D eigenvalue weighted by molar-refractivity contribution is 4.88. The van der Waals surface area contributed by atoms with Gasteiger partial charge in [0.25, 0.3) is 0 Å². The van der Waals surface area contributed by atoms with Crippen molar-refractivity contribution in [3.63, 3.8) is 0 Å². The Labute approximate surface area is 56.4 Å². The molecular weight excluding hydrogens is 112 g/mol. The average Bonchev–Trinajstić information content (AvgIpc) is 1.86. The summed E-state index contributed by atoms with van der Waals surface area (Å²) in [4.78, 5) is 0. The van der Waals surface area contributed by atoms with Crippen molar-refractivity contribution in [1.82, 2.24) is 0 Å². The van der Waals surface area contributed by atoms with Crippen LogP contribution in [0.25, 0.3) is 0 Å². The van der Waals surface area contributed by atoms with Gasteiger partial charge in [0.2, 0.25) is 0 Å². The molecule has 2 heterocycles. The van der Waals surface area contributed by atoms with E-state index in [1.54, 1.807) is 0 Å². The standard InChI is InChI=1S/C8H14O/c1-2-6-3-4-7-5-8(6)9-7/h6-8H,2-5H2,1H3. The van der Waals surface area contributed by atoms with Crippen LogP contribution < -0.4 is 0 Å². The molecule has 2 saturated heterocycles. The smallest absolute Gasteiger partial charge is 0.0631 e. The van der Waals surface area contributed by atoms with Gasteiger partial charge in [-0.25, -0.2) is 0 Å². The number of ether oxygens (including phenoxy) is 1. The number of hydrogen-bond acceptors (Lipinski definition) is 1. The monoisotopic (exact) mass is 126 g/mol. The van der Waals surface area contributed by atoms with E-state index >= 15 is 0 Å². The van der Waals surface area contributed by atoms with Crippen LogP contribution >= 0.6 is 0 Å². The molecule has 0 amide bonds. The van der Waals surface area contributed by atoms with Crippen LogP contribution in [0.1, 0.15) is 32.6 Å². The first kappa shape index (κ1) is 5.72. The van der Waals surface area contributed by atoms with Gasteiger partial charge in [-0.2, -0.15) is 0 Å². The van der Waals surface area contributed by atoms with Gasteiger partial charge in [0.1, 0.15) is 0 Å². The van der Waals surface area contributed by atoms with E-state index in [0.717, 1.165) is 5.92 Å². The summed E-state index contributed by atoms with van der Waals surface area (Å²) < 4.78 is 5.58. The predicted octanol–water partition coefficient (Wildman–Crippen LogP) is 1.96. The quantitative estimate of drug-likeness (QED) is 0.522. The van der Waals surface area contributed by atoms with E-state index in [4.69, 9.17) is 4.74 Å². The van der Waals surface area contributed by atoms with Crippen LogP contribution in [0.15, 0.2) is 0 Å². The molecule has 3 aliphatic rings. The van der Waals surface area contributed by atoms with Gasteiger partial charge >= 0.3 is 0 Å². The van der Waals surface area contributed by atoms with Crippen molar-refractivity contribution < 1.29 is 4.74 Å². The molecule has 0 aromatic carbocycles. The van der Waals surface area contributed by atoms with E-state index in [2.05, 4.69) is 6.92 Å². The first-order valence-corrected chi connectivity index (χ1v) is 4.05. The Balaban J connectivity index is 1.94. The molecule has 1 aliphatic carbocycles. The minimum Gasteiger partial charge on any atom is -0.375 e. The zero-order valence-electron chi connectivity index (χ0n) is 5.97. The Morgan fingerprint density at radius 1 is 1.44 bits per heavy atom. The van der Waals surface area contributed by atoms with Crippen molar-refractivity contribution in [2.45, 2.75) is 44.8 Å². The number of fused-ring (bicyclic) bond motifs is 2. The third-order valence-electron chi connectivity index (χ3n) is 2.77. The van der Waals surface area contributed by atoms with Crippen LogP contribution in [-0.2, 0) is 4.74 Å². The summed E-state index contributed by atoms with van der Waals surface area (Å²) in [5.41, 5.74) is 0. The SMILES string of the molecule is CCC1CCC2CC1O2. The highest BCUT2D eigenvalue weighted by Crippen LogP contribution is 2.39. The van der Waals surface area contributed by atoms with Crippen molar-refractivity contribution in [2.24, 2.45) is 5.92 Å². The largest absolute Gasteiger partial charge is 0.375 e. The van der Waals surface area contributed by atoms with Crippen LogP contribution in [0.2, 0.25) is 0 Å². The molecular formula is C8H14O. The molecule has 9 heavy (non-hydrogen) atoms.